The molecule has 4 heteroatoms. The van der Waals surface area contributed by atoms with E-state index in [9.17, 15) is 9.59 Å². The number of ether oxygens (including phenoxy) is 1. The molecule has 3 nitrogen and oxygen atoms in total. The van der Waals surface area contributed by atoms with Gasteiger partial charge in [0.1, 0.15) is 5.78 Å². The largest absolute Gasteiger partial charge is 0.462 e. The third-order valence-electron chi connectivity index (χ3n) is 2.67. The number of hydrogen-bond acceptors (Lipinski definition) is 3. The Bertz CT molecular complexity index is 412. The quantitative estimate of drug-likeness (QED) is 0.588. The average Bonchev–Trinajstić information content (AvgIpc) is 2.39. The number of carbonyl (C=O) groups is 2. The van der Waals surface area contributed by atoms with Gasteiger partial charge in [-0.1, -0.05) is 19.1 Å². The van der Waals surface area contributed by atoms with Crippen molar-refractivity contribution in [3.05, 3.63) is 35.4 Å². The van der Waals surface area contributed by atoms with E-state index in [-0.39, 0.29) is 23.6 Å². The molecular weight excluding hydrogens is 252 g/mol. The van der Waals surface area contributed by atoms with Crippen LogP contribution in [0.4, 0.5) is 0 Å². The van der Waals surface area contributed by atoms with E-state index in [0.717, 1.165) is 5.56 Å². The monoisotopic (exact) mass is 268 g/mol. The number of benzene rings is 1. The molecule has 0 saturated heterocycles. The fourth-order valence-electron chi connectivity index (χ4n) is 1.68. The van der Waals surface area contributed by atoms with Crippen LogP contribution < -0.4 is 0 Å². The fourth-order valence-corrected chi connectivity index (χ4v) is 1.79. The minimum atomic E-state index is -0.325. The van der Waals surface area contributed by atoms with E-state index in [2.05, 4.69) is 0 Å². The molecule has 1 rings (SSSR count). The molecule has 98 valence electrons. The smallest absolute Gasteiger partial charge is 0.338 e. The molecule has 0 spiro atoms. The van der Waals surface area contributed by atoms with Crippen molar-refractivity contribution >= 4 is 23.4 Å². The van der Waals surface area contributed by atoms with E-state index < -0.39 is 0 Å². The molecule has 0 unspecified atom stereocenters. The summed E-state index contributed by atoms with van der Waals surface area (Å²) in [5, 5.41) is 0. The van der Waals surface area contributed by atoms with Crippen LogP contribution in [0.1, 0.15) is 42.1 Å². The summed E-state index contributed by atoms with van der Waals surface area (Å²) in [6, 6.07) is 7.13. The second-order valence-electron chi connectivity index (χ2n) is 4.12. The van der Waals surface area contributed by atoms with Crippen LogP contribution in [0.15, 0.2) is 24.3 Å². The summed E-state index contributed by atoms with van der Waals surface area (Å²) in [6.07, 6.45) is 0.419. The lowest BCUT2D eigenvalue weighted by atomic mass is 9.95. The Labute approximate surface area is 112 Å². The Balaban J connectivity index is 2.70. The number of rotatable bonds is 6. The van der Waals surface area contributed by atoms with Gasteiger partial charge in [0, 0.05) is 6.42 Å². The van der Waals surface area contributed by atoms with E-state index in [1.807, 2.05) is 19.1 Å². The van der Waals surface area contributed by atoms with Crippen molar-refractivity contribution in [1.82, 2.24) is 0 Å². The second kappa shape index (κ2) is 7.17. The van der Waals surface area contributed by atoms with Crippen LogP contribution in [0.3, 0.4) is 0 Å². The lowest BCUT2D eigenvalue weighted by Gasteiger charge is -2.10. The first kappa shape index (κ1) is 14.7. The molecule has 1 aromatic carbocycles. The van der Waals surface area contributed by atoms with Gasteiger partial charge in [-0.05, 0) is 30.5 Å². The lowest BCUT2D eigenvalue weighted by Crippen LogP contribution is -2.07. The average molecular weight is 269 g/mol. The van der Waals surface area contributed by atoms with Crippen LogP contribution in [0.5, 0.6) is 0 Å². The standard InChI is InChI=1S/C14H17ClO3/c1-3-18-14(17)12-6-4-11(5-7-12)10(2)8-13(16)9-15/h4-7,10H,3,8-9H2,1-2H3/t10-/m1/s1. The summed E-state index contributed by atoms with van der Waals surface area (Å²) in [4.78, 5) is 22.7. The molecular formula is C14H17ClO3. The highest BCUT2D eigenvalue weighted by atomic mass is 35.5. The Morgan fingerprint density at radius 1 is 1.28 bits per heavy atom. The lowest BCUT2D eigenvalue weighted by molar-refractivity contribution is -0.117. The van der Waals surface area contributed by atoms with Crippen LogP contribution in [0.2, 0.25) is 0 Å². The van der Waals surface area contributed by atoms with E-state index in [0.29, 0.717) is 18.6 Å². The zero-order valence-electron chi connectivity index (χ0n) is 10.6. The maximum Gasteiger partial charge on any atom is 0.338 e. The van der Waals surface area contributed by atoms with E-state index >= 15 is 0 Å². The van der Waals surface area contributed by atoms with E-state index in [1.54, 1.807) is 19.1 Å². The molecule has 18 heavy (non-hydrogen) atoms. The maximum absolute atomic E-state index is 11.5. The first-order chi connectivity index (χ1) is 8.58. The first-order valence-electron chi connectivity index (χ1n) is 5.93. The number of Topliss-reactive ketones (excluding diaryl/α,β-unsaturated/α-hetero) is 1. The molecule has 0 N–H and O–H groups in total. The molecule has 0 fully saturated rings. The molecule has 0 radical (unpaired) electrons. The van der Waals surface area contributed by atoms with E-state index in [1.165, 1.54) is 0 Å². The number of ketones is 1. The number of carbonyl (C=O) groups excluding carboxylic acids is 2. The van der Waals surface area contributed by atoms with Gasteiger partial charge in [-0.15, -0.1) is 11.6 Å². The van der Waals surface area contributed by atoms with Crippen molar-refractivity contribution in [3.8, 4) is 0 Å². The summed E-state index contributed by atoms with van der Waals surface area (Å²) < 4.78 is 4.90. The predicted molar refractivity (Wildman–Crippen MR) is 71.2 cm³/mol. The van der Waals surface area contributed by atoms with Crippen LogP contribution in [0, 0.1) is 0 Å². The fraction of sp³-hybridized carbons (Fsp3) is 0.429. The van der Waals surface area contributed by atoms with Gasteiger partial charge in [-0.2, -0.15) is 0 Å². The highest BCUT2D eigenvalue weighted by Gasteiger charge is 2.12. The summed E-state index contributed by atoms with van der Waals surface area (Å²) in [5.41, 5.74) is 1.54. The number of halogens is 1. The van der Waals surface area contributed by atoms with Crippen LogP contribution in [-0.4, -0.2) is 24.2 Å². The molecule has 0 saturated carbocycles. The van der Waals surface area contributed by atoms with Crippen molar-refractivity contribution in [3.63, 3.8) is 0 Å². The van der Waals surface area contributed by atoms with Crippen molar-refractivity contribution in [2.75, 3.05) is 12.5 Å². The van der Waals surface area contributed by atoms with Gasteiger partial charge in [0.15, 0.2) is 0 Å². The molecule has 1 aromatic rings. The van der Waals surface area contributed by atoms with Crippen molar-refractivity contribution in [1.29, 1.82) is 0 Å². The third kappa shape index (κ3) is 4.15. The molecule has 0 aliphatic heterocycles. The minimum Gasteiger partial charge on any atom is -0.462 e. The second-order valence-corrected chi connectivity index (χ2v) is 4.39. The summed E-state index contributed by atoms with van der Waals surface area (Å²) >= 11 is 5.47. The molecule has 0 amide bonds. The SMILES string of the molecule is CCOC(=O)c1ccc([C@H](C)CC(=O)CCl)cc1. The number of hydrogen-bond donors (Lipinski definition) is 0. The molecule has 0 aliphatic carbocycles. The Morgan fingerprint density at radius 3 is 2.39 bits per heavy atom. The van der Waals surface area contributed by atoms with Gasteiger partial charge in [0.25, 0.3) is 0 Å². The van der Waals surface area contributed by atoms with Gasteiger partial charge in [-0.25, -0.2) is 4.79 Å². The Kier molecular flexibility index (Phi) is 5.86. The van der Waals surface area contributed by atoms with Gasteiger partial charge in [0.2, 0.25) is 0 Å². The number of alkyl halides is 1. The van der Waals surface area contributed by atoms with E-state index in [4.69, 9.17) is 16.3 Å². The van der Waals surface area contributed by atoms with Crippen molar-refractivity contribution < 1.29 is 14.3 Å². The van der Waals surface area contributed by atoms with Gasteiger partial charge in [0.05, 0.1) is 18.1 Å². The zero-order valence-corrected chi connectivity index (χ0v) is 11.4. The third-order valence-corrected chi connectivity index (χ3v) is 2.97. The highest BCUT2D eigenvalue weighted by Crippen LogP contribution is 2.20. The normalized spacial score (nSPS) is 11.9. The summed E-state index contributed by atoms with van der Waals surface area (Å²) in [5.74, 6) is -0.148. The molecule has 0 heterocycles. The minimum absolute atomic E-state index is 0.0265. The molecule has 0 aromatic heterocycles. The first-order valence-corrected chi connectivity index (χ1v) is 6.46. The van der Waals surface area contributed by atoms with Gasteiger partial charge < -0.3 is 4.74 Å². The summed E-state index contributed by atoms with van der Waals surface area (Å²) in [6.45, 7) is 4.09. The molecule has 0 aliphatic rings. The number of esters is 1. The Morgan fingerprint density at radius 2 is 1.89 bits per heavy atom. The zero-order chi connectivity index (χ0) is 13.5. The van der Waals surface area contributed by atoms with Gasteiger partial charge >= 0.3 is 5.97 Å². The van der Waals surface area contributed by atoms with Crippen LogP contribution in [0.25, 0.3) is 0 Å². The van der Waals surface area contributed by atoms with Crippen molar-refractivity contribution in [2.24, 2.45) is 0 Å². The predicted octanol–water partition coefficient (Wildman–Crippen LogP) is 3.16. The topological polar surface area (TPSA) is 43.4 Å². The van der Waals surface area contributed by atoms with Crippen molar-refractivity contribution in [2.45, 2.75) is 26.2 Å². The summed E-state index contributed by atoms with van der Waals surface area (Å²) in [7, 11) is 0. The van der Waals surface area contributed by atoms with Gasteiger partial charge in [-0.3, -0.25) is 4.79 Å². The maximum atomic E-state index is 11.5. The van der Waals surface area contributed by atoms with Crippen LogP contribution in [-0.2, 0) is 9.53 Å². The highest BCUT2D eigenvalue weighted by molar-refractivity contribution is 6.27. The molecule has 1 atom stereocenters. The molecule has 0 bridgehead atoms. The van der Waals surface area contributed by atoms with Crippen LogP contribution >= 0.6 is 11.6 Å². The Hall–Kier alpha value is -1.35.